The smallest absolute Gasteiger partial charge is 0.224 e. The van der Waals surface area contributed by atoms with Gasteiger partial charge in [0.1, 0.15) is 0 Å². The van der Waals surface area contributed by atoms with Crippen LogP contribution in [0.15, 0.2) is 0 Å². The highest BCUT2D eigenvalue weighted by Gasteiger charge is 2.68. The van der Waals surface area contributed by atoms with Crippen molar-refractivity contribution in [1.29, 1.82) is 0 Å². The summed E-state index contributed by atoms with van der Waals surface area (Å²) in [4.78, 5) is 11.8. The van der Waals surface area contributed by atoms with Crippen molar-refractivity contribution in [2.24, 2.45) is 22.5 Å². The molecule has 3 nitrogen and oxygen atoms in total. The quantitative estimate of drug-likeness (QED) is 0.714. The van der Waals surface area contributed by atoms with E-state index < -0.39 is 0 Å². The van der Waals surface area contributed by atoms with Gasteiger partial charge in [0.25, 0.3) is 0 Å². The molecular formula is C11H22N2O. The van der Waals surface area contributed by atoms with Crippen molar-refractivity contribution in [3.63, 3.8) is 0 Å². The zero-order chi connectivity index (χ0) is 11.1. The average Bonchev–Trinajstić information content (AvgIpc) is 2.42. The maximum absolute atomic E-state index is 11.8. The van der Waals surface area contributed by atoms with Crippen molar-refractivity contribution in [3.8, 4) is 0 Å². The molecule has 1 atom stereocenters. The van der Waals surface area contributed by atoms with Crippen LogP contribution in [-0.2, 0) is 4.79 Å². The second-order valence-corrected chi connectivity index (χ2v) is 5.52. The summed E-state index contributed by atoms with van der Waals surface area (Å²) in [5, 5.41) is 2.94. The Morgan fingerprint density at radius 2 is 1.79 bits per heavy atom. The van der Waals surface area contributed by atoms with Crippen LogP contribution in [0.3, 0.4) is 0 Å². The lowest BCUT2D eigenvalue weighted by Crippen LogP contribution is -2.39. The van der Waals surface area contributed by atoms with Gasteiger partial charge in [-0.2, -0.15) is 0 Å². The van der Waals surface area contributed by atoms with Gasteiger partial charge in [0.15, 0.2) is 0 Å². The van der Waals surface area contributed by atoms with Crippen molar-refractivity contribution in [2.45, 2.75) is 40.7 Å². The summed E-state index contributed by atoms with van der Waals surface area (Å²) >= 11 is 0. The number of nitrogens with one attached hydrogen (secondary N) is 1. The van der Waals surface area contributed by atoms with Crippen LogP contribution in [0, 0.1) is 16.7 Å². The minimum absolute atomic E-state index is 0.0784. The van der Waals surface area contributed by atoms with Gasteiger partial charge in [0.2, 0.25) is 5.91 Å². The average molecular weight is 198 g/mol. The number of hydrogen-bond acceptors (Lipinski definition) is 2. The van der Waals surface area contributed by atoms with Gasteiger partial charge in [0, 0.05) is 18.5 Å². The van der Waals surface area contributed by atoms with E-state index >= 15 is 0 Å². The first-order valence-electron chi connectivity index (χ1n) is 5.25. The Kier molecular flexibility index (Phi) is 2.65. The summed E-state index contributed by atoms with van der Waals surface area (Å²) in [5.74, 6) is 0.280. The second-order valence-electron chi connectivity index (χ2n) is 5.52. The molecule has 1 aliphatic rings. The lowest BCUT2D eigenvalue weighted by atomic mass is 10.0. The van der Waals surface area contributed by atoms with Crippen LogP contribution in [0.5, 0.6) is 0 Å². The predicted octanol–water partition coefficient (Wildman–Crippen LogP) is 1.13. The fourth-order valence-electron chi connectivity index (χ4n) is 2.24. The Hall–Kier alpha value is -0.570. The van der Waals surface area contributed by atoms with E-state index in [1.54, 1.807) is 0 Å². The number of carbonyl (C=O) groups is 1. The number of hydrogen-bond donors (Lipinski definition) is 2. The maximum atomic E-state index is 11.8. The minimum Gasteiger partial charge on any atom is -0.352 e. The third-order valence-electron chi connectivity index (χ3n) is 4.03. The fourth-order valence-corrected chi connectivity index (χ4v) is 2.24. The summed E-state index contributed by atoms with van der Waals surface area (Å²) in [6.07, 6.45) is 0. The van der Waals surface area contributed by atoms with Crippen LogP contribution < -0.4 is 11.1 Å². The number of nitrogens with two attached hydrogens (primary N) is 1. The molecule has 0 aliphatic heterocycles. The molecular weight excluding hydrogens is 176 g/mol. The molecule has 0 saturated heterocycles. The summed E-state index contributed by atoms with van der Waals surface area (Å²) in [7, 11) is 0. The van der Waals surface area contributed by atoms with Crippen LogP contribution in [0.4, 0.5) is 0 Å². The molecule has 1 fully saturated rings. The normalized spacial score (nSPS) is 25.6. The van der Waals surface area contributed by atoms with Crippen LogP contribution >= 0.6 is 0 Å². The Bertz CT molecular complexity index is 232. The lowest BCUT2D eigenvalue weighted by molar-refractivity contribution is -0.124. The number of amides is 1. The van der Waals surface area contributed by atoms with Crippen molar-refractivity contribution < 1.29 is 4.79 Å². The number of rotatable bonds is 3. The molecule has 1 amide bonds. The van der Waals surface area contributed by atoms with Crippen LogP contribution in [0.2, 0.25) is 0 Å². The monoisotopic (exact) mass is 198 g/mol. The molecule has 82 valence electrons. The van der Waals surface area contributed by atoms with Gasteiger partial charge in [-0.25, -0.2) is 0 Å². The zero-order valence-corrected chi connectivity index (χ0v) is 9.85. The van der Waals surface area contributed by atoms with E-state index in [1.165, 1.54) is 0 Å². The summed E-state index contributed by atoms with van der Waals surface area (Å²) in [6, 6.07) is 0.0784. The standard InChI is InChI=1S/C11H22N2O/c1-7(6-12)13-9(14)8-10(2,3)11(8,4)5/h7-8H,6,12H2,1-5H3,(H,13,14)/t7-/m1/s1. The molecule has 0 aromatic heterocycles. The van der Waals surface area contributed by atoms with Crippen molar-refractivity contribution in [2.75, 3.05) is 6.54 Å². The first-order chi connectivity index (χ1) is 6.25. The molecule has 0 heterocycles. The highest BCUT2D eigenvalue weighted by molar-refractivity contribution is 5.84. The minimum atomic E-state index is 0.0784. The Balaban J connectivity index is 2.58. The van der Waals surface area contributed by atoms with Crippen molar-refractivity contribution in [3.05, 3.63) is 0 Å². The largest absolute Gasteiger partial charge is 0.352 e. The Labute approximate surface area is 86.4 Å². The third-order valence-corrected chi connectivity index (χ3v) is 4.03. The van der Waals surface area contributed by atoms with Crippen LogP contribution in [-0.4, -0.2) is 18.5 Å². The van der Waals surface area contributed by atoms with Crippen LogP contribution in [0.25, 0.3) is 0 Å². The second kappa shape index (κ2) is 3.23. The van der Waals surface area contributed by atoms with Gasteiger partial charge < -0.3 is 11.1 Å². The highest BCUT2D eigenvalue weighted by Crippen LogP contribution is 2.68. The first kappa shape index (κ1) is 11.5. The lowest BCUT2D eigenvalue weighted by Gasteiger charge is -2.12. The third kappa shape index (κ3) is 1.54. The predicted molar refractivity (Wildman–Crippen MR) is 57.7 cm³/mol. The molecule has 14 heavy (non-hydrogen) atoms. The molecule has 0 spiro atoms. The zero-order valence-electron chi connectivity index (χ0n) is 9.85. The van der Waals surface area contributed by atoms with Gasteiger partial charge in [-0.05, 0) is 17.8 Å². The Morgan fingerprint density at radius 1 is 1.36 bits per heavy atom. The van der Waals surface area contributed by atoms with Gasteiger partial charge in [-0.1, -0.05) is 27.7 Å². The molecule has 0 radical (unpaired) electrons. The van der Waals surface area contributed by atoms with Crippen molar-refractivity contribution in [1.82, 2.24) is 5.32 Å². The Morgan fingerprint density at radius 3 is 2.07 bits per heavy atom. The van der Waals surface area contributed by atoms with E-state index in [-0.39, 0.29) is 28.7 Å². The summed E-state index contributed by atoms with van der Waals surface area (Å²) in [5.41, 5.74) is 5.69. The first-order valence-corrected chi connectivity index (χ1v) is 5.25. The molecule has 1 saturated carbocycles. The molecule has 3 heteroatoms. The van der Waals surface area contributed by atoms with E-state index in [1.807, 2.05) is 6.92 Å². The maximum Gasteiger partial charge on any atom is 0.224 e. The summed E-state index contributed by atoms with van der Waals surface area (Å²) < 4.78 is 0. The van der Waals surface area contributed by atoms with Gasteiger partial charge in [-0.3, -0.25) is 4.79 Å². The van der Waals surface area contributed by atoms with Crippen LogP contribution in [0.1, 0.15) is 34.6 Å². The molecule has 1 rings (SSSR count). The van der Waals surface area contributed by atoms with Gasteiger partial charge in [0.05, 0.1) is 0 Å². The molecule has 0 unspecified atom stereocenters. The SMILES string of the molecule is C[C@H](CN)NC(=O)C1C(C)(C)C1(C)C. The van der Waals surface area contributed by atoms with E-state index in [4.69, 9.17) is 5.73 Å². The van der Waals surface area contributed by atoms with E-state index in [0.29, 0.717) is 6.54 Å². The van der Waals surface area contributed by atoms with Crippen molar-refractivity contribution >= 4 is 5.91 Å². The number of carbonyl (C=O) groups excluding carboxylic acids is 1. The molecule has 0 aromatic carbocycles. The van der Waals surface area contributed by atoms with Gasteiger partial charge in [-0.15, -0.1) is 0 Å². The summed E-state index contributed by atoms with van der Waals surface area (Å²) in [6.45, 7) is 11.0. The van der Waals surface area contributed by atoms with E-state index in [2.05, 4.69) is 33.0 Å². The van der Waals surface area contributed by atoms with E-state index in [0.717, 1.165) is 0 Å². The van der Waals surface area contributed by atoms with Gasteiger partial charge >= 0.3 is 0 Å². The molecule has 3 N–H and O–H groups in total. The molecule has 1 aliphatic carbocycles. The molecule has 0 bridgehead atoms. The molecule has 0 aromatic rings. The highest BCUT2D eigenvalue weighted by atomic mass is 16.2. The topological polar surface area (TPSA) is 55.1 Å². The fraction of sp³-hybridized carbons (Fsp3) is 0.909. The van der Waals surface area contributed by atoms with E-state index in [9.17, 15) is 4.79 Å².